The van der Waals surface area contributed by atoms with E-state index in [9.17, 15) is 4.39 Å². The van der Waals surface area contributed by atoms with E-state index in [0.717, 1.165) is 17.5 Å². The Morgan fingerprint density at radius 2 is 2.15 bits per heavy atom. The van der Waals surface area contributed by atoms with Crippen LogP contribution in [0, 0.1) is 12.7 Å². The quantitative estimate of drug-likeness (QED) is 0.888. The van der Waals surface area contributed by atoms with Crippen molar-refractivity contribution in [3.8, 4) is 0 Å². The van der Waals surface area contributed by atoms with Crippen LogP contribution in [0.5, 0.6) is 0 Å². The van der Waals surface area contributed by atoms with E-state index in [4.69, 9.17) is 11.6 Å². The molecule has 2 N–H and O–H groups in total. The molecule has 0 radical (unpaired) electrons. The average molecular weight is 295 g/mol. The van der Waals surface area contributed by atoms with Crippen LogP contribution < -0.4 is 10.6 Å². The van der Waals surface area contributed by atoms with Gasteiger partial charge in [0.1, 0.15) is 16.7 Å². The molecule has 0 bridgehead atoms. The molecule has 0 fully saturated rings. The highest BCUT2D eigenvalue weighted by molar-refractivity contribution is 6.32. The van der Waals surface area contributed by atoms with Crippen molar-refractivity contribution in [1.82, 2.24) is 9.97 Å². The molecular weight excluding hydrogens is 279 g/mol. The lowest BCUT2D eigenvalue weighted by molar-refractivity contribution is 0.625. The SMILES string of the molecule is CNc1ncc(Cl)c(NCCc2ccc(F)cc2C)n1. The largest absolute Gasteiger partial charge is 0.368 e. The van der Waals surface area contributed by atoms with Gasteiger partial charge in [-0.3, -0.25) is 0 Å². The van der Waals surface area contributed by atoms with Gasteiger partial charge in [0.05, 0.1) is 6.20 Å². The van der Waals surface area contributed by atoms with Gasteiger partial charge in [-0.2, -0.15) is 4.98 Å². The molecule has 0 aliphatic heterocycles. The highest BCUT2D eigenvalue weighted by atomic mass is 35.5. The minimum Gasteiger partial charge on any atom is -0.368 e. The number of nitrogens with zero attached hydrogens (tertiary/aromatic N) is 2. The van der Waals surface area contributed by atoms with Crippen LogP contribution in [0.1, 0.15) is 11.1 Å². The fourth-order valence-corrected chi connectivity index (χ4v) is 2.02. The first kappa shape index (κ1) is 14.5. The zero-order valence-electron chi connectivity index (χ0n) is 11.4. The molecule has 1 aromatic carbocycles. The summed E-state index contributed by atoms with van der Waals surface area (Å²) in [6, 6.07) is 4.80. The standard InChI is InChI=1S/C14H16ClFN4/c1-9-7-11(16)4-3-10(9)5-6-18-13-12(15)8-19-14(17-2)20-13/h3-4,7-8H,5-6H2,1-2H3,(H2,17,18,19,20). The van der Waals surface area contributed by atoms with Gasteiger partial charge in [-0.25, -0.2) is 9.37 Å². The van der Waals surface area contributed by atoms with Crippen LogP contribution in [0.3, 0.4) is 0 Å². The van der Waals surface area contributed by atoms with E-state index < -0.39 is 0 Å². The van der Waals surface area contributed by atoms with Crippen LogP contribution in [0.4, 0.5) is 16.2 Å². The van der Waals surface area contributed by atoms with Gasteiger partial charge in [0.2, 0.25) is 5.95 Å². The van der Waals surface area contributed by atoms with E-state index >= 15 is 0 Å². The molecule has 0 atom stereocenters. The summed E-state index contributed by atoms with van der Waals surface area (Å²) in [5.41, 5.74) is 2.04. The van der Waals surface area contributed by atoms with Crippen LogP contribution in [0.15, 0.2) is 24.4 Å². The minimum atomic E-state index is -0.211. The van der Waals surface area contributed by atoms with Crippen molar-refractivity contribution >= 4 is 23.4 Å². The predicted molar refractivity (Wildman–Crippen MR) is 79.9 cm³/mol. The Hall–Kier alpha value is -1.88. The van der Waals surface area contributed by atoms with Crippen molar-refractivity contribution in [2.45, 2.75) is 13.3 Å². The number of hydrogen-bond acceptors (Lipinski definition) is 4. The highest BCUT2D eigenvalue weighted by Gasteiger charge is 2.05. The summed E-state index contributed by atoms with van der Waals surface area (Å²) >= 11 is 6.02. The molecule has 20 heavy (non-hydrogen) atoms. The normalized spacial score (nSPS) is 10.4. The lowest BCUT2D eigenvalue weighted by Gasteiger charge is -2.10. The molecule has 2 aromatic rings. The lowest BCUT2D eigenvalue weighted by Crippen LogP contribution is -2.09. The smallest absolute Gasteiger partial charge is 0.224 e. The Balaban J connectivity index is 1.99. The number of aryl methyl sites for hydroxylation is 1. The summed E-state index contributed by atoms with van der Waals surface area (Å²) in [7, 11) is 1.74. The highest BCUT2D eigenvalue weighted by Crippen LogP contribution is 2.19. The number of hydrogen-bond donors (Lipinski definition) is 2. The third-order valence-electron chi connectivity index (χ3n) is 2.96. The van der Waals surface area contributed by atoms with Crippen LogP contribution in [0.25, 0.3) is 0 Å². The first-order valence-electron chi connectivity index (χ1n) is 6.29. The van der Waals surface area contributed by atoms with E-state index in [2.05, 4.69) is 20.6 Å². The van der Waals surface area contributed by atoms with Crippen molar-refractivity contribution in [2.75, 3.05) is 24.2 Å². The third kappa shape index (κ3) is 3.57. The zero-order valence-corrected chi connectivity index (χ0v) is 12.1. The van der Waals surface area contributed by atoms with E-state index in [-0.39, 0.29) is 5.82 Å². The molecule has 0 saturated heterocycles. The van der Waals surface area contributed by atoms with Gasteiger partial charge in [0.15, 0.2) is 0 Å². The number of halogens is 2. The maximum atomic E-state index is 13.0. The molecule has 0 aliphatic rings. The van der Waals surface area contributed by atoms with Gasteiger partial charge in [-0.1, -0.05) is 17.7 Å². The van der Waals surface area contributed by atoms with Gasteiger partial charge in [0, 0.05) is 13.6 Å². The van der Waals surface area contributed by atoms with Crippen LogP contribution in [-0.2, 0) is 6.42 Å². The summed E-state index contributed by atoms with van der Waals surface area (Å²) in [6.45, 7) is 2.56. The van der Waals surface area contributed by atoms with Crippen molar-refractivity contribution < 1.29 is 4.39 Å². The lowest BCUT2D eigenvalue weighted by atomic mass is 10.1. The second-order valence-corrected chi connectivity index (χ2v) is 4.79. The summed E-state index contributed by atoms with van der Waals surface area (Å²) in [6.07, 6.45) is 2.31. The van der Waals surface area contributed by atoms with Crippen molar-refractivity contribution in [3.05, 3.63) is 46.4 Å². The molecule has 0 amide bonds. The number of nitrogens with one attached hydrogen (secondary N) is 2. The Morgan fingerprint density at radius 3 is 2.85 bits per heavy atom. The zero-order chi connectivity index (χ0) is 14.5. The van der Waals surface area contributed by atoms with Crippen LogP contribution in [0.2, 0.25) is 5.02 Å². The molecule has 1 aromatic heterocycles. The molecule has 4 nitrogen and oxygen atoms in total. The maximum absolute atomic E-state index is 13.0. The van der Waals surface area contributed by atoms with Crippen molar-refractivity contribution in [2.24, 2.45) is 0 Å². The topological polar surface area (TPSA) is 49.8 Å². The number of rotatable bonds is 5. The minimum absolute atomic E-state index is 0.211. The molecule has 6 heteroatoms. The first-order chi connectivity index (χ1) is 9.60. The number of aromatic nitrogens is 2. The fraction of sp³-hybridized carbons (Fsp3) is 0.286. The number of anilines is 2. The van der Waals surface area contributed by atoms with Crippen molar-refractivity contribution in [3.63, 3.8) is 0 Å². The van der Waals surface area contributed by atoms with Gasteiger partial charge < -0.3 is 10.6 Å². The molecule has 0 saturated carbocycles. The summed E-state index contributed by atoms with van der Waals surface area (Å²) in [5, 5.41) is 6.49. The Labute approximate surface area is 122 Å². The van der Waals surface area contributed by atoms with Gasteiger partial charge in [-0.15, -0.1) is 0 Å². The molecule has 0 aliphatic carbocycles. The Bertz CT molecular complexity index is 604. The maximum Gasteiger partial charge on any atom is 0.224 e. The number of benzene rings is 1. The molecular formula is C14H16ClFN4. The van der Waals surface area contributed by atoms with E-state index in [1.165, 1.54) is 12.1 Å². The van der Waals surface area contributed by atoms with Crippen molar-refractivity contribution in [1.29, 1.82) is 0 Å². The second kappa shape index (κ2) is 6.52. The van der Waals surface area contributed by atoms with E-state index in [0.29, 0.717) is 23.3 Å². The van der Waals surface area contributed by atoms with Gasteiger partial charge in [0.25, 0.3) is 0 Å². The van der Waals surface area contributed by atoms with Gasteiger partial charge >= 0.3 is 0 Å². The van der Waals surface area contributed by atoms with Crippen LogP contribution in [-0.4, -0.2) is 23.6 Å². The molecule has 1 heterocycles. The molecule has 2 rings (SSSR count). The first-order valence-corrected chi connectivity index (χ1v) is 6.67. The predicted octanol–water partition coefficient (Wildman–Crippen LogP) is 3.27. The van der Waals surface area contributed by atoms with Gasteiger partial charge in [-0.05, 0) is 36.6 Å². The summed E-state index contributed by atoms with van der Waals surface area (Å²) in [4.78, 5) is 8.24. The van der Waals surface area contributed by atoms with E-state index in [1.807, 2.05) is 6.92 Å². The third-order valence-corrected chi connectivity index (χ3v) is 3.24. The summed E-state index contributed by atoms with van der Waals surface area (Å²) < 4.78 is 13.0. The monoisotopic (exact) mass is 294 g/mol. The average Bonchev–Trinajstić information content (AvgIpc) is 2.43. The fourth-order valence-electron chi connectivity index (χ4n) is 1.87. The molecule has 0 unspecified atom stereocenters. The summed E-state index contributed by atoms with van der Waals surface area (Å²) in [5.74, 6) is 0.886. The Kier molecular flexibility index (Phi) is 4.74. The molecule has 106 valence electrons. The second-order valence-electron chi connectivity index (χ2n) is 4.39. The van der Waals surface area contributed by atoms with Crippen LogP contribution >= 0.6 is 11.6 Å². The Morgan fingerprint density at radius 1 is 1.35 bits per heavy atom. The van der Waals surface area contributed by atoms with E-state index in [1.54, 1.807) is 19.3 Å². The molecule has 0 spiro atoms.